The lowest BCUT2D eigenvalue weighted by Gasteiger charge is -2.28. The summed E-state index contributed by atoms with van der Waals surface area (Å²) in [5, 5.41) is 2.50. The van der Waals surface area contributed by atoms with Crippen LogP contribution in [0.3, 0.4) is 0 Å². The Morgan fingerprint density at radius 2 is 2.21 bits per heavy atom. The van der Waals surface area contributed by atoms with Crippen molar-refractivity contribution in [1.82, 2.24) is 9.62 Å². The summed E-state index contributed by atoms with van der Waals surface area (Å²) in [6.45, 7) is 0.588. The molecule has 5 nitrogen and oxygen atoms in total. The van der Waals surface area contributed by atoms with E-state index in [4.69, 9.17) is 10.7 Å². The van der Waals surface area contributed by atoms with Crippen molar-refractivity contribution in [2.24, 2.45) is 5.92 Å². The molecule has 82 valence electrons. The van der Waals surface area contributed by atoms with Gasteiger partial charge in [0.05, 0.1) is 5.92 Å². The van der Waals surface area contributed by atoms with E-state index < -0.39 is 9.24 Å². The predicted molar refractivity (Wildman–Crippen MR) is 53.1 cm³/mol. The summed E-state index contributed by atoms with van der Waals surface area (Å²) < 4.78 is 23.1. The second-order valence-corrected chi connectivity index (χ2v) is 5.76. The van der Waals surface area contributed by atoms with Crippen LogP contribution in [0.1, 0.15) is 12.8 Å². The number of carbonyl (C=O) groups excluding carboxylic acids is 1. The highest BCUT2D eigenvalue weighted by Gasteiger charge is 2.30. The molecule has 1 saturated heterocycles. The molecule has 1 heterocycles. The average molecular weight is 241 g/mol. The van der Waals surface area contributed by atoms with Crippen LogP contribution in [0.25, 0.3) is 0 Å². The second-order valence-electron chi connectivity index (χ2n) is 3.25. The summed E-state index contributed by atoms with van der Waals surface area (Å²) in [4.78, 5) is 11.3. The highest BCUT2D eigenvalue weighted by atomic mass is 35.7. The van der Waals surface area contributed by atoms with Crippen molar-refractivity contribution < 1.29 is 13.2 Å². The Morgan fingerprint density at radius 3 is 2.71 bits per heavy atom. The van der Waals surface area contributed by atoms with Crippen LogP contribution in [0.5, 0.6) is 0 Å². The lowest BCUT2D eigenvalue weighted by Crippen LogP contribution is -2.43. The van der Waals surface area contributed by atoms with Gasteiger partial charge in [-0.2, -0.15) is 12.7 Å². The van der Waals surface area contributed by atoms with Crippen LogP contribution in [0.2, 0.25) is 0 Å². The molecule has 0 spiro atoms. The highest BCUT2D eigenvalue weighted by Crippen LogP contribution is 2.20. The van der Waals surface area contributed by atoms with E-state index in [2.05, 4.69) is 5.32 Å². The van der Waals surface area contributed by atoms with Crippen LogP contribution in [-0.4, -0.2) is 38.8 Å². The van der Waals surface area contributed by atoms with Crippen molar-refractivity contribution in [3.63, 3.8) is 0 Å². The summed E-state index contributed by atoms with van der Waals surface area (Å²) in [6, 6.07) is 0. The number of rotatable bonds is 2. The molecular weight excluding hydrogens is 228 g/mol. The van der Waals surface area contributed by atoms with Crippen LogP contribution in [0.15, 0.2) is 0 Å². The molecule has 0 saturated carbocycles. The first kappa shape index (κ1) is 11.7. The van der Waals surface area contributed by atoms with Gasteiger partial charge >= 0.3 is 0 Å². The fourth-order valence-electron chi connectivity index (χ4n) is 1.56. The van der Waals surface area contributed by atoms with Gasteiger partial charge in [0.15, 0.2) is 0 Å². The van der Waals surface area contributed by atoms with Crippen LogP contribution >= 0.6 is 10.7 Å². The molecule has 1 fully saturated rings. The Labute approximate surface area is 88.0 Å². The first-order chi connectivity index (χ1) is 6.45. The van der Waals surface area contributed by atoms with Gasteiger partial charge in [-0.1, -0.05) is 0 Å². The van der Waals surface area contributed by atoms with Crippen LogP contribution < -0.4 is 5.32 Å². The van der Waals surface area contributed by atoms with Gasteiger partial charge in [0.25, 0.3) is 9.24 Å². The van der Waals surface area contributed by atoms with Crippen molar-refractivity contribution in [3.8, 4) is 0 Å². The fraction of sp³-hybridized carbons (Fsp3) is 0.857. The monoisotopic (exact) mass is 240 g/mol. The Balaban J connectivity index is 2.65. The maximum Gasteiger partial charge on any atom is 0.299 e. The Morgan fingerprint density at radius 1 is 1.57 bits per heavy atom. The third kappa shape index (κ3) is 2.83. The Kier molecular flexibility index (Phi) is 3.74. The van der Waals surface area contributed by atoms with Crippen molar-refractivity contribution in [2.45, 2.75) is 12.8 Å². The molecule has 0 aromatic heterocycles. The molecule has 0 aromatic rings. The van der Waals surface area contributed by atoms with Gasteiger partial charge in [-0.3, -0.25) is 4.79 Å². The second kappa shape index (κ2) is 4.46. The lowest BCUT2D eigenvalue weighted by atomic mass is 9.99. The lowest BCUT2D eigenvalue weighted by molar-refractivity contribution is -0.125. The quantitative estimate of drug-likeness (QED) is 0.687. The molecule has 0 aliphatic carbocycles. The largest absolute Gasteiger partial charge is 0.359 e. The summed E-state index contributed by atoms with van der Waals surface area (Å²) in [6.07, 6.45) is 1.38. The number of carbonyl (C=O) groups is 1. The van der Waals surface area contributed by atoms with Crippen molar-refractivity contribution >= 4 is 25.8 Å². The maximum atomic E-state index is 11.3. The van der Waals surface area contributed by atoms with E-state index in [1.165, 1.54) is 7.05 Å². The number of halogens is 1. The summed E-state index contributed by atoms with van der Waals surface area (Å²) in [7, 11) is 3.05. The van der Waals surface area contributed by atoms with E-state index in [-0.39, 0.29) is 18.4 Å². The average Bonchev–Trinajstić information content (AvgIpc) is 2.15. The van der Waals surface area contributed by atoms with Gasteiger partial charge in [-0.05, 0) is 12.8 Å². The minimum absolute atomic E-state index is 0.130. The molecule has 1 aliphatic heterocycles. The fourth-order valence-corrected chi connectivity index (χ4v) is 2.64. The number of hydrogen-bond donors (Lipinski definition) is 1. The molecule has 1 aliphatic rings. The van der Waals surface area contributed by atoms with Gasteiger partial charge in [-0.25, -0.2) is 0 Å². The van der Waals surface area contributed by atoms with Crippen molar-refractivity contribution in [1.29, 1.82) is 0 Å². The van der Waals surface area contributed by atoms with E-state index in [0.717, 1.165) is 4.31 Å². The molecular formula is C7H13ClN2O3S. The van der Waals surface area contributed by atoms with E-state index in [0.29, 0.717) is 19.4 Å². The molecule has 1 unspecified atom stereocenters. The predicted octanol–water partition coefficient (Wildman–Crippen LogP) is -0.0720. The van der Waals surface area contributed by atoms with Crippen LogP contribution in [0.4, 0.5) is 0 Å². The third-order valence-corrected chi connectivity index (χ3v) is 3.84. The minimum atomic E-state index is -3.67. The Bertz CT molecular complexity index is 317. The maximum absolute atomic E-state index is 11.3. The first-order valence-electron chi connectivity index (χ1n) is 4.36. The van der Waals surface area contributed by atoms with Gasteiger partial charge < -0.3 is 5.32 Å². The zero-order chi connectivity index (χ0) is 10.8. The number of amides is 1. The van der Waals surface area contributed by atoms with Crippen LogP contribution in [-0.2, 0) is 14.0 Å². The normalized spacial score (nSPS) is 24.6. The first-order valence-corrected chi connectivity index (χ1v) is 6.63. The van der Waals surface area contributed by atoms with Gasteiger partial charge in [0, 0.05) is 30.8 Å². The molecule has 0 aromatic carbocycles. The minimum Gasteiger partial charge on any atom is -0.359 e. The summed E-state index contributed by atoms with van der Waals surface area (Å²) >= 11 is 0. The number of hydrogen-bond acceptors (Lipinski definition) is 3. The SMILES string of the molecule is CNC(=O)C1CCCN(S(=O)(=O)Cl)C1. The van der Waals surface area contributed by atoms with Gasteiger partial charge in [0.1, 0.15) is 0 Å². The molecule has 0 radical (unpaired) electrons. The molecule has 1 amide bonds. The van der Waals surface area contributed by atoms with E-state index in [1.807, 2.05) is 0 Å². The van der Waals surface area contributed by atoms with E-state index in [9.17, 15) is 13.2 Å². The molecule has 1 atom stereocenters. The standard InChI is InChI=1S/C7H13ClN2O3S/c1-9-7(11)6-3-2-4-10(5-6)14(8,12)13/h6H,2-5H2,1H3,(H,9,11). The van der Waals surface area contributed by atoms with Crippen molar-refractivity contribution in [3.05, 3.63) is 0 Å². The van der Waals surface area contributed by atoms with Crippen LogP contribution in [0, 0.1) is 5.92 Å². The number of nitrogens with one attached hydrogen (secondary N) is 1. The highest BCUT2D eigenvalue weighted by molar-refractivity contribution is 8.11. The summed E-state index contributed by atoms with van der Waals surface area (Å²) in [5.41, 5.74) is 0. The van der Waals surface area contributed by atoms with Crippen molar-refractivity contribution in [2.75, 3.05) is 20.1 Å². The number of nitrogens with zero attached hydrogens (tertiary/aromatic N) is 1. The van der Waals surface area contributed by atoms with E-state index in [1.54, 1.807) is 0 Å². The molecule has 0 bridgehead atoms. The molecule has 7 heteroatoms. The smallest absolute Gasteiger partial charge is 0.299 e. The zero-order valence-electron chi connectivity index (χ0n) is 7.86. The molecule has 1 rings (SSSR count). The molecule has 14 heavy (non-hydrogen) atoms. The van der Waals surface area contributed by atoms with Gasteiger partial charge in [-0.15, -0.1) is 0 Å². The number of piperidine rings is 1. The van der Waals surface area contributed by atoms with E-state index >= 15 is 0 Å². The third-order valence-electron chi connectivity index (χ3n) is 2.31. The summed E-state index contributed by atoms with van der Waals surface area (Å²) in [5.74, 6) is -0.405. The molecule has 1 N–H and O–H groups in total. The Hall–Kier alpha value is -0.330. The topological polar surface area (TPSA) is 66.5 Å². The zero-order valence-corrected chi connectivity index (χ0v) is 9.44. The van der Waals surface area contributed by atoms with Gasteiger partial charge in [0.2, 0.25) is 5.91 Å².